The summed E-state index contributed by atoms with van der Waals surface area (Å²) in [4.78, 5) is 5.62. The first kappa shape index (κ1) is 12.2. The fourth-order valence-corrected chi connectivity index (χ4v) is 17.6. The molecule has 2 aromatic rings. The number of benzene rings is 2. The third kappa shape index (κ3) is 1.50. The average Bonchev–Trinajstić information content (AvgIpc) is 2.37. The zero-order chi connectivity index (χ0) is 13.0. The molecule has 0 saturated carbocycles. The van der Waals surface area contributed by atoms with Crippen LogP contribution in [0.15, 0.2) is 58.3 Å². The van der Waals surface area contributed by atoms with Crippen LogP contribution >= 0.6 is 0 Å². The van der Waals surface area contributed by atoms with E-state index in [2.05, 4.69) is 9.88 Å². The van der Waals surface area contributed by atoms with Crippen LogP contribution in [0, 0.1) is 0 Å². The third-order valence-electron chi connectivity index (χ3n) is 3.70. The molecule has 0 aliphatic carbocycles. The van der Waals surface area contributed by atoms with E-state index in [-0.39, 0.29) is 0 Å². The second kappa shape index (κ2) is 3.84. The second-order valence-corrected chi connectivity index (χ2v) is 19.4. The molecule has 4 heteroatoms. The molecule has 2 nitrogen and oxygen atoms in total. The molecule has 1 aliphatic rings. The van der Waals surface area contributed by atoms with Gasteiger partial charge in [-0.25, -0.2) is 0 Å². The minimum atomic E-state index is -3.32. The summed E-state index contributed by atoms with van der Waals surface area (Å²) < 4.78 is 27.4. The molecule has 1 aliphatic heterocycles. The van der Waals surface area contributed by atoms with E-state index in [1.807, 2.05) is 36.4 Å². The zero-order valence-corrected chi connectivity index (χ0v) is 14.0. The normalized spacial score (nSPS) is 18.8. The summed E-state index contributed by atoms with van der Waals surface area (Å²) in [5.41, 5.74) is 0. The number of hydrogen-bond acceptors (Lipinski definition) is 2. The van der Waals surface area contributed by atoms with E-state index >= 15 is 0 Å². The fraction of sp³-hybridized carbons (Fsp3) is 0.143. The first-order valence-electron chi connectivity index (χ1n) is 5.90. The Balaban J connectivity index is 2.49. The Hall–Kier alpha value is -0.811. The van der Waals surface area contributed by atoms with Gasteiger partial charge in [-0.15, -0.1) is 0 Å². The van der Waals surface area contributed by atoms with Crippen LogP contribution in [0.2, 0.25) is 9.88 Å². The van der Waals surface area contributed by atoms with Gasteiger partial charge in [0, 0.05) is 0 Å². The van der Waals surface area contributed by atoms with E-state index in [1.54, 1.807) is 12.1 Å². The first-order valence-corrected chi connectivity index (χ1v) is 15.9. The number of hydrogen-bond donors (Lipinski definition) is 0. The van der Waals surface area contributed by atoms with Crippen molar-refractivity contribution >= 4 is 35.4 Å². The van der Waals surface area contributed by atoms with Gasteiger partial charge in [0.05, 0.1) is 0 Å². The van der Waals surface area contributed by atoms with Crippen LogP contribution in [-0.2, 0) is 9.84 Å². The van der Waals surface area contributed by atoms with Crippen molar-refractivity contribution in [3.63, 3.8) is 0 Å². The minimum absolute atomic E-state index is 0.532. The van der Waals surface area contributed by atoms with E-state index in [0.29, 0.717) is 9.79 Å². The third-order valence-corrected chi connectivity index (χ3v) is 16.8. The molecule has 0 bridgehead atoms. The molecule has 18 heavy (non-hydrogen) atoms. The molecule has 0 aromatic heterocycles. The molecular weight excluding hydrogens is 351 g/mol. The molecule has 0 amide bonds. The van der Waals surface area contributed by atoms with Crippen LogP contribution in [0.3, 0.4) is 0 Å². The number of rotatable bonds is 0. The van der Waals surface area contributed by atoms with Crippen molar-refractivity contribution in [2.24, 2.45) is 0 Å². The van der Waals surface area contributed by atoms with Crippen molar-refractivity contribution < 1.29 is 8.42 Å². The van der Waals surface area contributed by atoms with E-state index in [4.69, 9.17) is 0 Å². The van der Waals surface area contributed by atoms with Gasteiger partial charge in [0.2, 0.25) is 0 Å². The maximum atomic E-state index is 12.6. The van der Waals surface area contributed by atoms with Gasteiger partial charge >= 0.3 is 112 Å². The maximum absolute atomic E-state index is 12.6. The molecule has 3 rings (SSSR count). The molecule has 0 radical (unpaired) electrons. The Morgan fingerprint density at radius 3 is 1.61 bits per heavy atom. The molecule has 92 valence electrons. The molecule has 0 atom stereocenters. The quantitative estimate of drug-likeness (QED) is 0.666. The van der Waals surface area contributed by atoms with Gasteiger partial charge in [-0.3, -0.25) is 0 Å². The summed E-state index contributed by atoms with van der Waals surface area (Å²) in [5, 5.41) is 0. The summed E-state index contributed by atoms with van der Waals surface area (Å²) >= 11 is -2.73. The molecule has 0 N–H and O–H groups in total. The molecule has 1 heterocycles. The fourth-order valence-electron chi connectivity index (χ4n) is 2.70. The van der Waals surface area contributed by atoms with E-state index < -0.39 is 28.2 Å². The van der Waals surface area contributed by atoms with Crippen molar-refractivity contribution in [2.75, 3.05) is 0 Å². The molecule has 0 spiro atoms. The average molecular weight is 365 g/mol. The Morgan fingerprint density at radius 1 is 0.778 bits per heavy atom. The van der Waals surface area contributed by atoms with Crippen LogP contribution in [0.25, 0.3) is 0 Å². The Morgan fingerprint density at radius 2 is 1.17 bits per heavy atom. The van der Waals surface area contributed by atoms with Gasteiger partial charge in [-0.05, 0) is 0 Å². The standard InChI is InChI=1S/C12H8O2S.2CH3.Sn/c13-15(14,11-7-3-1-4-8-11)12-9-5-2-6-10-12;;;/h1-7,9H;2*1H3;. The van der Waals surface area contributed by atoms with Crippen molar-refractivity contribution in [1.29, 1.82) is 0 Å². The van der Waals surface area contributed by atoms with Crippen molar-refractivity contribution in [2.45, 2.75) is 19.7 Å². The second-order valence-electron chi connectivity index (χ2n) is 5.12. The van der Waals surface area contributed by atoms with Crippen LogP contribution in [0.5, 0.6) is 0 Å². The molecule has 0 unspecified atom stereocenters. The predicted molar refractivity (Wildman–Crippen MR) is 75.1 cm³/mol. The number of sulfone groups is 1. The van der Waals surface area contributed by atoms with Crippen molar-refractivity contribution in [3.05, 3.63) is 48.5 Å². The molecule has 2 aromatic carbocycles. The van der Waals surface area contributed by atoms with Crippen LogP contribution in [0.4, 0.5) is 0 Å². The summed E-state index contributed by atoms with van der Waals surface area (Å²) in [7, 11) is -3.32. The Kier molecular flexibility index (Phi) is 2.61. The SMILES string of the molecule is [CH3][Sn]1([CH3])[c]2ccccc2S(=O)(=O)c2cccc[c]21. The van der Waals surface area contributed by atoms with Crippen molar-refractivity contribution in [3.8, 4) is 0 Å². The van der Waals surface area contributed by atoms with Gasteiger partial charge in [0.1, 0.15) is 0 Å². The van der Waals surface area contributed by atoms with Gasteiger partial charge in [0.15, 0.2) is 0 Å². The van der Waals surface area contributed by atoms with Crippen LogP contribution < -0.4 is 7.16 Å². The topological polar surface area (TPSA) is 34.1 Å². The van der Waals surface area contributed by atoms with Gasteiger partial charge in [0.25, 0.3) is 0 Å². The van der Waals surface area contributed by atoms with Crippen LogP contribution in [0.1, 0.15) is 0 Å². The summed E-state index contributed by atoms with van der Waals surface area (Å²) in [6, 6.07) is 15.0. The summed E-state index contributed by atoms with van der Waals surface area (Å²) in [5.74, 6) is 0. The van der Waals surface area contributed by atoms with Crippen LogP contribution in [-0.4, -0.2) is 26.8 Å². The van der Waals surface area contributed by atoms with E-state index in [1.165, 1.54) is 0 Å². The summed E-state index contributed by atoms with van der Waals surface area (Å²) in [6.07, 6.45) is 0. The molecule has 0 saturated heterocycles. The monoisotopic (exact) mass is 366 g/mol. The zero-order valence-electron chi connectivity index (χ0n) is 10.3. The Labute approximate surface area is 111 Å². The van der Waals surface area contributed by atoms with Gasteiger partial charge in [-0.1, -0.05) is 0 Å². The number of fused-ring (bicyclic) bond motifs is 2. The van der Waals surface area contributed by atoms with Gasteiger partial charge < -0.3 is 0 Å². The molecule has 0 fully saturated rings. The van der Waals surface area contributed by atoms with Gasteiger partial charge in [-0.2, -0.15) is 0 Å². The van der Waals surface area contributed by atoms with Crippen molar-refractivity contribution in [1.82, 2.24) is 0 Å². The molecular formula is C14H14O2SSn. The Bertz CT molecular complexity index is 677. The van der Waals surface area contributed by atoms with E-state index in [9.17, 15) is 8.42 Å². The first-order chi connectivity index (χ1) is 8.45. The summed E-state index contributed by atoms with van der Waals surface area (Å²) in [6.45, 7) is 0. The predicted octanol–water partition coefficient (Wildman–Crippen LogP) is 1.66. The van der Waals surface area contributed by atoms with E-state index in [0.717, 1.165) is 7.16 Å².